The monoisotopic (exact) mass is 218 g/mol. The van der Waals surface area contributed by atoms with Crippen LogP contribution in [0.2, 0.25) is 0 Å². The largest absolute Gasteiger partial charge is 0.393 e. The van der Waals surface area contributed by atoms with Crippen LogP contribution in [-0.2, 0) is 9.47 Å². The number of hydrogen-bond donors (Lipinski definition) is 1. The third-order valence-electron chi connectivity index (χ3n) is 2.57. The average Bonchev–Trinajstić information content (AvgIpc) is 2.57. The van der Waals surface area contributed by atoms with Gasteiger partial charge in [-0.25, -0.2) is 0 Å². The van der Waals surface area contributed by atoms with Gasteiger partial charge in [0, 0.05) is 40.3 Å². The van der Waals surface area contributed by atoms with Crippen molar-refractivity contribution in [1.82, 2.24) is 4.90 Å². The Hall–Kier alpha value is -0.230. The molecule has 0 spiro atoms. The fourth-order valence-corrected chi connectivity index (χ4v) is 1.81. The summed E-state index contributed by atoms with van der Waals surface area (Å²) in [6, 6.07) is 0. The first-order chi connectivity index (χ1) is 6.67. The molecule has 2 N–H and O–H groups in total. The van der Waals surface area contributed by atoms with Crippen LogP contribution >= 0.6 is 12.2 Å². The standard InChI is InChI=1S/C9H18N2O2S/c1-12-7-5-11(4-3-9(10)14)6-8(7)13-2/h7-8H,3-6H2,1-2H3,(H2,10,14). The first-order valence-electron chi connectivity index (χ1n) is 4.73. The Morgan fingerprint density at radius 2 is 1.86 bits per heavy atom. The molecule has 1 rings (SSSR count). The topological polar surface area (TPSA) is 47.7 Å². The van der Waals surface area contributed by atoms with Crippen LogP contribution < -0.4 is 5.73 Å². The molecule has 0 amide bonds. The summed E-state index contributed by atoms with van der Waals surface area (Å²) in [6.07, 6.45) is 1.11. The molecule has 1 aliphatic rings. The number of likely N-dealkylation sites (tertiary alicyclic amines) is 1. The molecule has 0 aromatic rings. The normalized spacial score (nSPS) is 28.1. The van der Waals surface area contributed by atoms with Gasteiger partial charge in [-0.1, -0.05) is 12.2 Å². The van der Waals surface area contributed by atoms with Gasteiger partial charge in [0.1, 0.15) is 0 Å². The third kappa shape index (κ3) is 3.16. The fraction of sp³-hybridized carbons (Fsp3) is 0.889. The lowest BCUT2D eigenvalue weighted by Gasteiger charge is -2.13. The summed E-state index contributed by atoms with van der Waals surface area (Å²) >= 11 is 4.83. The van der Waals surface area contributed by atoms with E-state index in [4.69, 9.17) is 27.4 Å². The van der Waals surface area contributed by atoms with Crippen molar-refractivity contribution < 1.29 is 9.47 Å². The van der Waals surface area contributed by atoms with Gasteiger partial charge < -0.3 is 15.2 Å². The van der Waals surface area contributed by atoms with Crippen molar-refractivity contribution in [3.8, 4) is 0 Å². The summed E-state index contributed by atoms with van der Waals surface area (Å²) in [5.74, 6) is 0. The van der Waals surface area contributed by atoms with Crippen LogP contribution in [0, 0.1) is 0 Å². The van der Waals surface area contributed by atoms with Gasteiger partial charge in [0.05, 0.1) is 17.2 Å². The van der Waals surface area contributed by atoms with Crippen molar-refractivity contribution >= 4 is 17.2 Å². The van der Waals surface area contributed by atoms with Crippen LogP contribution in [0.15, 0.2) is 0 Å². The van der Waals surface area contributed by atoms with E-state index in [2.05, 4.69) is 4.90 Å². The average molecular weight is 218 g/mol. The molecule has 1 aliphatic heterocycles. The Morgan fingerprint density at radius 3 is 2.21 bits per heavy atom. The molecule has 1 heterocycles. The predicted molar refractivity (Wildman–Crippen MR) is 59.4 cm³/mol. The summed E-state index contributed by atoms with van der Waals surface area (Å²) in [5.41, 5.74) is 5.45. The van der Waals surface area contributed by atoms with Crippen LogP contribution in [0.3, 0.4) is 0 Å². The highest BCUT2D eigenvalue weighted by Gasteiger charge is 2.32. The van der Waals surface area contributed by atoms with E-state index in [1.54, 1.807) is 14.2 Å². The van der Waals surface area contributed by atoms with Crippen LogP contribution in [0.4, 0.5) is 0 Å². The van der Waals surface area contributed by atoms with Crippen molar-refractivity contribution in [1.29, 1.82) is 0 Å². The van der Waals surface area contributed by atoms with E-state index in [-0.39, 0.29) is 12.2 Å². The van der Waals surface area contributed by atoms with Crippen LogP contribution in [-0.4, -0.2) is 56.0 Å². The zero-order valence-corrected chi connectivity index (χ0v) is 9.55. The van der Waals surface area contributed by atoms with Gasteiger partial charge in [-0.2, -0.15) is 0 Å². The van der Waals surface area contributed by atoms with Gasteiger partial charge in [-0.05, 0) is 0 Å². The van der Waals surface area contributed by atoms with Crippen LogP contribution in [0.25, 0.3) is 0 Å². The molecule has 4 nitrogen and oxygen atoms in total. The number of thiocarbonyl (C=S) groups is 1. The lowest BCUT2D eigenvalue weighted by molar-refractivity contribution is -0.00461. The Morgan fingerprint density at radius 1 is 1.36 bits per heavy atom. The van der Waals surface area contributed by atoms with E-state index in [1.807, 2.05) is 0 Å². The van der Waals surface area contributed by atoms with Crippen molar-refractivity contribution in [3.63, 3.8) is 0 Å². The molecule has 5 heteroatoms. The molecule has 0 aromatic carbocycles. The molecule has 0 radical (unpaired) electrons. The number of rotatable bonds is 5. The van der Waals surface area contributed by atoms with Crippen molar-refractivity contribution in [2.75, 3.05) is 33.9 Å². The van der Waals surface area contributed by atoms with Gasteiger partial charge in [0.2, 0.25) is 0 Å². The maximum absolute atomic E-state index is 5.45. The first-order valence-corrected chi connectivity index (χ1v) is 5.14. The van der Waals surface area contributed by atoms with Crippen molar-refractivity contribution in [3.05, 3.63) is 0 Å². The summed E-state index contributed by atoms with van der Waals surface area (Å²) < 4.78 is 10.6. The number of ether oxygens (including phenoxy) is 2. The number of hydrogen-bond acceptors (Lipinski definition) is 4. The minimum absolute atomic E-state index is 0.173. The Balaban J connectivity index is 2.33. The maximum Gasteiger partial charge on any atom is 0.0971 e. The summed E-state index contributed by atoms with van der Waals surface area (Å²) in [4.78, 5) is 2.83. The highest BCUT2D eigenvalue weighted by atomic mass is 32.1. The van der Waals surface area contributed by atoms with E-state index in [0.29, 0.717) is 4.99 Å². The van der Waals surface area contributed by atoms with E-state index in [1.165, 1.54) is 0 Å². The van der Waals surface area contributed by atoms with Gasteiger partial charge in [-0.3, -0.25) is 4.90 Å². The highest BCUT2D eigenvalue weighted by molar-refractivity contribution is 7.80. The lowest BCUT2D eigenvalue weighted by Crippen LogP contribution is -2.27. The lowest BCUT2D eigenvalue weighted by atomic mass is 10.3. The van der Waals surface area contributed by atoms with E-state index in [9.17, 15) is 0 Å². The summed E-state index contributed by atoms with van der Waals surface area (Å²) in [5, 5.41) is 0. The second kappa shape index (κ2) is 5.60. The molecule has 82 valence electrons. The fourth-order valence-electron chi connectivity index (χ4n) is 1.72. The molecule has 0 saturated carbocycles. The molecule has 0 aromatic heterocycles. The smallest absolute Gasteiger partial charge is 0.0971 e. The molecule has 0 bridgehead atoms. The van der Waals surface area contributed by atoms with E-state index in [0.717, 1.165) is 26.1 Å². The Kier molecular flexibility index (Phi) is 4.74. The van der Waals surface area contributed by atoms with Gasteiger partial charge in [-0.15, -0.1) is 0 Å². The second-order valence-corrected chi connectivity index (χ2v) is 4.05. The summed E-state index contributed by atoms with van der Waals surface area (Å²) in [6.45, 7) is 2.70. The Labute approximate surface area is 90.3 Å². The van der Waals surface area contributed by atoms with Gasteiger partial charge in [0.15, 0.2) is 0 Å². The molecule has 1 fully saturated rings. The van der Waals surface area contributed by atoms with E-state index < -0.39 is 0 Å². The highest BCUT2D eigenvalue weighted by Crippen LogP contribution is 2.15. The number of nitrogens with zero attached hydrogens (tertiary/aromatic N) is 1. The first kappa shape index (κ1) is 11.8. The second-order valence-electron chi connectivity index (χ2n) is 3.52. The Bertz CT molecular complexity index is 189. The molecular formula is C9H18N2O2S. The van der Waals surface area contributed by atoms with Gasteiger partial charge >= 0.3 is 0 Å². The number of nitrogens with two attached hydrogens (primary N) is 1. The van der Waals surface area contributed by atoms with Crippen LogP contribution in [0.1, 0.15) is 6.42 Å². The minimum Gasteiger partial charge on any atom is -0.393 e. The molecule has 1 saturated heterocycles. The van der Waals surface area contributed by atoms with Crippen molar-refractivity contribution in [2.45, 2.75) is 18.6 Å². The zero-order valence-electron chi connectivity index (χ0n) is 8.73. The molecular weight excluding hydrogens is 200 g/mol. The maximum atomic E-state index is 5.45. The molecule has 2 atom stereocenters. The van der Waals surface area contributed by atoms with Crippen LogP contribution in [0.5, 0.6) is 0 Å². The van der Waals surface area contributed by atoms with E-state index >= 15 is 0 Å². The molecule has 0 aliphatic carbocycles. The van der Waals surface area contributed by atoms with Crippen molar-refractivity contribution in [2.24, 2.45) is 5.73 Å². The molecule has 14 heavy (non-hydrogen) atoms. The van der Waals surface area contributed by atoms with Gasteiger partial charge in [0.25, 0.3) is 0 Å². The molecule has 2 unspecified atom stereocenters. The zero-order chi connectivity index (χ0) is 10.6. The third-order valence-corrected chi connectivity index (χ3v) is 2.78. The quantitative estimate of drug-likeness (QED) is 0.659. The summed E-state index contributed by atoms with van der Waals surface area (Å²) in [7, 11) is 3.43. The predicted octanol–water partition coefficient (Wildman–Crippen LogP) is 0.00820. The SMILES string of the molecule is COC1CN(CCC(N)=S)CC1OC. The number of methoxy groups -OCH3 is 2. The minimum atomic E-state index is 0.173.